The van der Waals surface area contributed by atoms with Crippen LogP contribution < -0.4 is 0 Å². The number of para-hydroxylation sites is 1. The normalized spacial score (nSPS) is 11.9. The molecule has 0 saturated heterocycles. The molecule has 0 unspecified atom stereocenters. The lowest BCUT2D eigenvalue weighted by Gasteiger charge is -2.11. The van der Waals surface area contributed by atoms with Crippen LogP contribution in [-0.2, 0) is 0 Å². The van der Waals surface area contributed by atoms with E-state index in [9.17, 15) is 0 Å². The Hall–Kier alpha value is -5.91. The van der Waals surface area contributed by atoms with Gasteiger partial charge >= 0.3 is 0 Å². The van der Waals surface area contributed by atoms with Crippen molar-refractivity contribution in [3.8, 4) is 28.7 Å². The van der Waals surface area contributed by atoms with Gasteiger partial charge in [-0.25, -0.2) is 4.98 Å². The summed E-state index contributed by atoms with van der Waals surface area (Å²) >= 11 is 1.87. The third-order valence-corrected chi connectivity index (χ3v) is 10.3. The van der Waals surface area contributed by atoms with Gasteiger partial charge in [0.15, 0.2) is 11.6 Å². The first kappa shape index (κ1) is 25.4. The number of nitrogens with zero attached hydrogens (tertiary/aromatic N) is 4. The minimum Gasteiger partial charge on any atom is -0.276 e. The SMILES string of the molecule is c1ccc(-c2nc(-c3ccccc3)nc(-n3c4ccccc4c4ccc5c(sc6c7ccccc7c7ccccc7c56)c43)n2)cc1. The van der Waals surface area contributed by atoms with Crippen molar-refractivity contribution < 1.29 is 0 Å². The molecule has 7 aromatic carbocycles. The summed E-state index contributed by atoms with van der Waals surface area (Å²) in [6, 6.07) is 51.1. The lowest BCUT2D eigenvalue weighted by molar-refractivity contribution is 0.955. The smallest absolute Gasteiger partial charge is 0.238 e. The van der Waals surface area contributed by atoms with Crippen molar-refractivity contribution in [1.82, 2.24) is 19.5 Å². The molecule has 0 radical (unpaired) electrons. The monoisotopic (exact) mass is 604 g/mol. The van der Waals surface area contributed by atoms with Crippen LogP contribution in [0.4, 0.5) is 0 Å². The molecule has 0 aliphatic rings. The molecule has 4 nitrogen and oxygen atoms in total. The maximum atomic E-state index is 5.18. The summed E-state index contributed by atoms with van der Waals surface area (Å²) in [5.74, 6) is 1.91. The van der Waals surface area contributed by atoms with E-state index in [0.717, 1.165) is 22.2 Å². The van der Waals surface area contributed by atoms with Gasteiger partial charge in [-0.05, 0) is 22.2 Å². The molecule has 10 rings (SSSR count). The van der Waals surface area contributed by atoms with Gasteiger partial charge in [-0.3, -0.25) is 4.57 Å². The van der Waals surface area contributed by atoms with Crippen molar-refractivity contribution in [2.45, 2.75) is 0 Å². The second-order valence-corrected chi connectivity index (χ2v) is 12.6. The van der Waals surface area contributed by atoms with Gasteiger partial charge in [0, 0.05) is 42.8 Å². The molecule has 0 spiro atoms. The molecule has 0 aliphatic heterocycles. The van der Waals surface area contributed by atoms with Gasteiger partial charge in [0.25, 0.3) is 0 Å². The van der Waals surface area contributed by atoms with Gasteiger partial charge in [-0.15, -0.1) is 11.3 Å². The zero-order chi connectivity index (χ0) is 30.2. The zero-order valence-corrected chi connectivity index (χ0v) is 25.4. The maximum Gasteiger partial charge on any atom is 0.238 e. The second kappa shape index (κ2) is 9.80. The minimum atomic E-state index is 0.610. The number of rotatable bonds is 3. The van der Waals surface area contributed by atoms with E-state index in [0.29, 0.717) is 17.6 Å². The lowest BCUT2D eigenvalue weighted by atomic mass is 9.97. The standard InChI is InChI=1S/C41H24N4S/c1-3-13-25(14-4-1)39-42-40(26-15-5-2-6-16-26)44-41(43-39)45-34-22-12-11-19-29(34)31-23-24-33-35-30-20-9-7-17-27(30)28-18-8-10-21-32(28)37(35)46-38(33)36(31)45/h1-24H. The highest BCUT2D eigenvalue weighted by atomic mass is 32.1. The van der Waals surface area contributed by atoms with E-state index in [-0.39, 0.29) is 0 Å². The molecule has 0 fully saturated rings. The lowest BCUT2D eigenvalue weighted by Crippen LogP contribution is -2.06. The number of thiophene rings is 1. The summed E-state index contributed by atoms with van der Waals surface area (Å²) in [4.78, 5) is 15.3. The molecule has 3 aromatic heterocycles. The number of hydrogen-bond acceptors (Lipinski definition) is 4. The largest absolute Gasteiger partial charge is 0.276 e. The first-order valence-electron chi connectivity index (χ1n) is 15.4. The minimum absolute atomic E-state index is 0.610. The quantitative estimate of drug-likeness (QED) is 0.188. The Morgan fingerprint density at radius 3 is 1.59 bits per heavy atom. The van der Waals surface area contributed by atoms with Gasteiger partial charge in [-0.2, -0.15) is 9.97 Å². The third kappa shape index (κ3) is 3.63. The van der Waals surface area contributed by atoms with Crippen LogP contribution in [0.25, 0.3) is 92.2 Å². The van der Waals surface area contributed by atoms with Crippen LogP contribution in [0.15, 0.2) is 146 Å². The highest BCUT2D eigenvalue weighted by Gasteiger charge is 2.22. The molecule has 0 amide bonds. The van der Waals surface area contributed by atoms with Crippen molar-refractivity contribution in [1.29, 1.82) is 0 Å². The van der Waals surface area contributed by atoms with Crippen molar-refractivity contribution in [3.63, 3.8) is 0 Å². The van der Waals surface area contributed by atoms with Crippen LogP contribution >= 0.6 is 11.3 Å². The van der Waals surface area contributed by atoms with E-state index < -0.39 is 0 Å². The van der Waals surface area contributed by atoms with E-state index in [2.05, 4.69) is 114 Å². The fourth-order valence-corrected chi connectivity index (χ4v) is 8.41. The number of hydrogen-bond donors (Lipinski definition) is 0. The molecule has 0 atom stereocenters. The number of fused-ring (bicyclic) bond motifs is 12. The van der Waals surface area contributed by atoms with E-state index in [4.69, 9.17) is 15.0 Å². The molecule has 0 bridgehead atoms. The summed E-state index contributed by atoms with van der Waals surface area (Å²) in [6.45, 7) is 0. The molecular weight excluding hydrogens is 581 g/mol. The summed E-state index contributed by atoms with van der Waals surface area (Å²) in [5, 5.41) is 10.0. The molecular formula is C41H24N4S. The Labute approximate surface area is 267 Å². The van der Waals surface area contributed by atoms with Crippen LogP contribution in [0.5, 0.6) is 0 Å². The Balaban J connectivity index is 1.39. The van der Waals surface area contributed by atoms with Gasteiger partial charge in [-0.1, -0.05) is 140 Å². The Bertz CT molecular complexity index is 2740. The molecule has 0 saturated carbocycles. The molecule has 214 valence electrons. The maximum absolute atomic E-state index is 5.18. The fourth-order valence-electron chi connectivity index (χ4n) is 7.02. The van der Waals surface area contributed by atoms with E-state index in [1.807, 2.05) is 47.7 Å². The van der Waals surface area contributed by atoms with E-state index in [1.54, 1.807) is 0 Å². The van der Waals surface area contributed by atoms with Crippen LogP contribution in [-0.4, -0.2) is 19.5 Å². The van der Waals surface area contributed by atoms with Crippen molar-refractivity contribution >= 4 is 74.9 Å². The highest BCUT2D eigenvalue weighted by molar-refractivity contribution is 7.27. The van der Waals surface area contributed by atoms with Crippen molar-refractivity contribution in [2.24, 2.45) is 0 Å². The molecule has 0 aliphatic carbocycles. The summed E-state index contributed by atoms with van der Waals surface area (Å²) in [7, 11) is 0. The van der Waals surface area contributed by atoms with Crippen molar-refractivity contribution in [2.75, 3.05) is 0 Å². The molecule has 10 aromatic rings. The number of benzene rings is 7. The van der Waals surface area contributed by atoms with E-state index >= 15 is 0 Å². The van der Waals surface area contributed by atoms with Gasteiger partial charge in [0.2, 0.25) is 5.95 Å². The molecule has 46 heavy (non-hydrogen) atoms. The topological polar surface area (TPSA) is 43.6 Å². The zero-order valence-electron chi connectivity index (χ0n) is 24.6. The fraction of sp³-hybridized carbons (Fsp3) is 0. The molecule has 3 heterocycles. The predicted octanol–water partition coefficient (Wildman–Crippen LogP) is 11.0. The average molecular weight is 605 g/mol. The molecule has 5 heteroatoms. The Morgan fingerprint density at radius 2 is 0.913 bits per heavy atom. The van der Waals surface area contributed by atoms with Crippen LogP contribution in [0.3, 0.4) is 0 Å². The number of aromatic nitrogens is 4. The second-order valence-electron chi connectivity index (χ2n) is 11.6. The summed E-state index contributed by atoms with van der Waals surface area (Å²) < 4.78 is 4.79. The van der Waals surface area contributed by atoms with Gasteiger partial charge in [0.1, 0.15) is 0 Å². The summed E-state index contributed by atoms with van der Waals surface area (Å²) in [6.07, 6.45) is 0. The molecule has 0 N–H and O–H groups in total. The van der Waals surface area contributed by atoms with Crippen molar-refractivity contribution in [3.05, 3.63) is 146 Å². The first-order valence-corrected chi connectivity index (χ1v) is 16.2. The Morgan fingerprint density at radius 1 is 0.391 bits per heavy atom. The van der Waals surface area contributed by atoms with E-state index in [1.165, 1.54) is 52.5 Å². The summed E-state index contributed by atoms with van der Waals surface area (Å²) in [5.41, 5.74) is 4.10. The Kier molecular flexibility index (Phi) is 5.41. The van der Waals surface area contributed by atoms with Crippen LogP contribution in [0, 0.1) is 0 Å². The van der Waals surface area contributed by atoms with Crippen LogP contribution in [0.2, 0.25) is 0 Å². The van der Waals surface area contributed by atoms with Crippen LogP contribution in [0.1, 0.15) is 0 Å². The van der Waals surface area contributed by atoms with Gasteiger partial charge in [0.05, 0.1) is 15.7 Å². The van der Waals surface area contributed by atoms with Gasteiger partial charge < -0.3 is 0 Å². The third-order valence-electron chi connectivity index (χ3n) is 9.04. The predicted molar refractivity (Wildman–Crippen MR) is 193 cm³/mol. The first-order chi connectivity index (χ1) is 22.8. The average Bonchev–Trinajstić information content (AvgIpc) is 3.69. The highest BCUT2D eigenvalue weighted by Crippen LogP contribution is 2.47.